The van der Waals surface area contributed by atoms with Gasteiger partial charge < -0.3 is 9.63 Å². The minimum absolute atomic E-state index is 0.0352. The van der Waals surface area contributed by atoms with Crippen LogP contribution in [0.5, 0.6) is 0 Å². The van der Waals surface area contributed by atoms with Crippen molar-refractivity contribution in [2.24, 2.45) is 0 Å². The molecular formula is C22H23O3P. The molecule has 0 bridgehead atoms. The van der Waals surface area contributed by atoms with Crippen LogP contribution in [0.1, 0.15) is 24.2 Å². The summed E-state index contributed by atoms with van der Waals surface area (Å²) < 4.78 is 19.6. The molecule has 0 aliphatic heterocycles. The molecule has 1 atom stereocenters. The summed E-state index contributed by atoms with van der Waals surface area (Å²) in [7, 11) is -3.27. The summed E-state index contributed by atoms with van der Waals surface area (Å²) >= 11 is 0. The van der Waals surface area contributed by atoms with E-state index in [9.17, 15) is 9.67 Å². The third kappa shape index (κ3) is 4.13. The Balaban J connectivity index is 1.83. The van der Waals surface area contributed by atoms with Crippen molar-refractivity contribution in [3.8, 4) is 0 Å². The van der Waals surface area contributed by atoms with Gasteiger partial charge in [0.15, 0.2) is 0 Å². The van der Waals surface area contributed by atoms with Gasteiger partial charge in [-0.2, -0.15) is 0 Å². The lowest BCUT2D eigenvalue weighted by atomic mass is 10.1. The molecule has 0 aliphatic carbocycles. The summed E-state index contributed by atoms with van der Waals surface area (Å²) in [5.74, 6) is 0. The Morgan fingerprint density at radius 1 is 0.846 bits per heavy atom. The van der Waals surface area contributed by atoms with Gasteiger partial charge in [-0.15, -0.1) is 0 Å². The van der Waals surface area contributed by atoms with Gasteiger partial charge in [-0.25, -0.2) is 0 Å². The lowest BCUT2D eigenvalue weighted by molar-refractivity contribution is 0.112. The number of hydrogen-bond donors (Lipinski definition) is 1. The molecule has 0 aliphatic rings. The molecule has 0 radical (unpaired) electrons. The Kier molecular flexibility index (Phi) is 6.05. The molecule has 3 aromatic carbocycles. The maximum atomic E-state index is 13.7. The first-order chi connectivity index (χ1) is 12.6. The largest absolute Gasteiger partial charge is 0.386 e. The van der Waals surface area contributed by atoms with Gasteiger partial charge in [0, 0.05) is 10.6 Å². The third-order valence-corrected chi connectivity index (χ3v) is 6.85. The van der Waals surface area contributed by atoms with Crippen molar-refractivity contribution in [2.75, 3.05) is 6.61 Å². The lowest BCUT2D eigenvalue weighted by Gasteiger charge is -2.21. The van der Waals surface area contributed by atoms with E-state index in [-0.39, 0.29) is 6.61 Å². The van der Waals surface area contributed by atoms with Crippen LogP contribution in [0.25, 0.3) is 0 Å². The molecule has 0 amide bonds. The zero-order valence-corrected chi connectivity index (χ0v) is 15.7. The normalized spacial score (nSPS) is 12.7. The lowest BCUT2D eigenvalue weighted by Crippen LogP contribution is -2.20. The Hall–Kier alpha value is -2.19. The second-order valence-corrected chi connectivity index (χ2v) is 8.52. The van der Waals surface area contributed by atoms with Gasteiger partial charge in [0.1, 0.15) is 6.10 Å². The van der Waals surface area contributed by atoms with Crippen molar-refractivity contribution in [3.05, 3.63) is 96.1 Å². The molecule has 134 valence electrons. The number of aliphatic hydroxyl groups excluding tert-OH is 1. The first-order valence-corrected chi connectivity index (χ1v) is 10.4. The smallest absolute Gasteiger partial charge is 0.261 e. The number of aliphatic hydroxyl groups is 1. The third-order valence-electron chi connectivity index (χ3n) is 4.38. The topological polar surface area (TPSA) is 46.5 Å². The van der Waals surface area contributed by atoms with Crippen LogP contribution in [0.4, 0.5) is 0 Å². The molecule has 0 fully saturated rings. The monoisotopic (exact) mass is 366 g/mol. The second kappa shape index (κ2) is 8.46. The first-order valence-electron chi connectivity index (χ1n) is 8.76. The van der Waals surface area contributed by atoms with E-state index in [0.29, 0.717) is 10.6 Å². The average molecular weight is 366 g/mol. The molecule has 0 saturated carbocycles. The molecule has 1 N–H and O–H groups in total. The number of aryl methyl sites for hydroxylation is 1. The predicted molar refractivity (Wildman–Crippen MR) is 106 cm³/mol. The van der Waals surface area contributed by atoms with Gasteiger partial charge in [-0.1, -0.05) is 67.6 Å². The number of benzene rings is 3. The summed E-state index contributed by atoms with van der Waals surface area (Å²) in [4.78, 5) is 0. The van der Waals surface area contributed by atoms with Crippen LogP contribution >= 0.6 is 7.37 Å². The second-order valence-electron chi connectivity index (χ2n) is 6.13. The number of rotatable bonds is 7. The van der Waals surface area contributed by atoms with Gasteiger partial charge in [0.25, 0.3) is 7.37 Å². The molecule has 3 nitrogen and oxygen atoms in total. The zero-order chi connectivity index (χ0) is 18.4. The van der Waals surface area contributed by atoms with Crippen LogP contribution in [0, 0.1) is 0 Å². The van der Waals surface area contributed by atoms with Crippen LogP contribution in [0.3, 0.4) is 0 Å². The zero-order valence-electron chi connectivity index (χ0n) is 14.8. The molecule has 0 saturated heterocycles. The molecule has 26 heavy (non-hydrogen) atoms. The quantitative estimate of drug-likeness (QED) is 0.637. The van der Waals surface area contributed by atoms with Crippen LogP contribution in [0.15, 0.2) is 84.9 Å². The average Bonchev–Trinajstić information content (AvgIpc) is 2.73. The summed E-state index contributed by atoms with van der Waals surface area (Å²) in [6.45, 7) is 2.05. The molecule has 0 heterocycles. The fourth-order valence-electron chi connectivity index (χ4n) is 2.79. The van der Waals surface area contributed by atoms with Crippen LogP contribution < -0.4 is 10.6 Å². The fourth-order valence-corrected chi connectivity index (χ4v) is 4.87. The molecule has 4 heteroatoms. The highest BCUT2D eigenvalue weighted by Gasteiger charge is 2.29. The van der Waals surface area contributed by atoms with Gasteiger partial charge in [-0.3, -0.25) is 4.57 Å². The van der Waals surface area contributed by atoms with E-state index < -0.39 is 13.5 Å². The maximum absolute atomic E-state index is 13.7. The predicted octanol–water partition coefficient (Wildman–Crippen LogP) is 4.23. The van der Waals surface area contributed by atoms with Crippen LogP contribution in [0.2, 0.25) is 0 Å². The van der Waals surface area contributed by atoms with Crippen LogP contribution in [-0.4, -0.2) is 11.7 Å². The van der Waals surface area contributed by atoms with Gasteiger partial charge >= 0.3 is 0 Å². The van der Waals surface area contributed by atoms with E-state index in [4.69, 9.17) is 4.52 Å². The summed E-state index contributed by atoms with van der Waals surface area (Å²) in [6.07, 6.45) is 0.117. The standard InChI is InChI=1S/C22H23O3P/c1-2-18-13-15-19(16-14-18)22(23)17-25-26(24,20-9-5-3-6-10-20)21-11-7-4-8-12-21/h3-16,22-23H,2,17H2,1H3/t22-/m1/s1. The van der Waals surface area contributed by atoms with E-state index in [1.165, 1.54) is 5.56 Å². The van der Waals surface area contributed by atoms with Crippen molar-refractivity contribution in [1.29, 1.82) is 0 Å². The van der Waals surface area contributed by atoms with Crippen LogP contribution in [-0.2, 0) is 15.5 Å². The SMILES string of the molecule is CCc1ccc([C@H](O)COP(=O)(c2ccccc2)c2ccccc2)cc1. The van der Waals surface area contributed by atoms with E-state index in [1.54, 1.807) is 24.3 Å². The summed E-state index contributed by atoms with van der Waals surface area (Å²) in [5, 5.41) is 11.7. The molecule has 0 spiro atoms. The Bertz CT molecular complexity index is 817. The van der Waals surface area contributed by atoms with Gasteiger partial charge in [0.05, 0.1) is 6.61 Å². The summed E-state index contributed by atoms with van der Waals surface area (Å²) in [5.41, 5.74) is 1.97. The van der Waals surface area contributed by atoms with Crippen molar-refractivity contribution < 1.29 is 14.2 Å². The molecule has 0 unspecified atom stereocenters. The molecular weight excluding hydrogens is 343 g/mol. The summed E-state index contributed by atoms with van der Waals surface area (Å²) in [6, 6.07) is 26.1. The van der Waals surface area contributed by atoms with Crippen molar-refractivity contribution in [2.45, 2.75) is 19.4 Å². The first kappa shape index (κ1) is 18.6. The Morgan fingerprint density at radius 2 is 1.35 bits per heavy atom. The maximum Gasteiger partial charge on any atom is 0.261 e. The van der Waals surface area contributed by atoms with Gasteiger partial charge in [-0.05, 0) is 41.8 Å². The van der Waals surface area contributed by atoms with Crippen molar-refractivity contribution in [1.82, 2.24) is 0 Å². The van der Waals surface area contributed by atoms with Crippen molar-refractivity contribution >= 4 is 18.0 Å². The van der Waals surface area contributed by atoms with Crippen molar-refractivity contribution in [3.63, 3.8) is 0 Å². The molecule has 0 aromatic heterocycles. The molecule has 3 rings (SSSR count). The minimum atomic E-state index is -3.27. The van der Waals surface area contributed by atoms with Gasteiger partial charge in [0.2, 0.25) is 0 Å². The Labute approximate surface area is 154 Å². The highest BCUT2D eigenvalue weighted by Crippen LogP contribution is 2.45. The van der Waals surface area contributed by atoms with E-state index in [0.717, 1.165) is 12.0 Å². The number of hydrogen-bond acceptors (Lipinski definition) is 3. The van der Waals surface area contributed by atoms with E-state index in [1.807, 2.05) is 60.7 Å². The molecule has 3 aromatic rings. The highest BCUT2D eigenvalue weighted by atomic mass is 31.2. The fraction of sp³-hybridized carbons (Fsp3) is 0.182. The minimum Gasteiger partial charge on any atom is -0.386 e. The highest BCUT2D eigenvalue weighted by molar-refractivity contribution is 7.74. The van der Waals surface area contributed by atoms with E-state index in [2.05, 4.69) is 6.92 Å². The Morgan fingerprint density at radius 3 is 1.81 bits per heavy atom. The van der Waals surface area contributed by atoms with E-state index >= 15 is 0 Å².